The predicted octanol–water partition coefficient (Wildman–Crippen LogP) is 2.09. The fourth-order valence-electron chi connectivity index (χ4n) is 2.38. The molecule has 0 aromatic carbocycles. The second-order valence-corrected chi connectivity index (χ2v) is 4.48. The molecular formula is C11H18O2. The summed E-state index contributed by atoms with van der Waals surface area (Å²) < 4.78 is 5.52. The summed E-state index contributed by atoms with van der Waals surface area (Å²) in [6.07, 6.45) is 2.98. The van der Waals surface area contributed by atoms with E-state index in [1.165, 1.54) is 5.57 Å². The van der Waals surface area contributed by atoms with Gasteiger partial charge in [-0.05, 0) is 36.7 Å². The molecule has 0 aromatic heterocycles. The molecule has 1 heterocycles. The maximum Gasteiger partial charge on any atom is 0.124 e. The van der Waals surface area contributed by atoms with E-state index < -0.39 is 0 Å². The second-order valence-electron chi connectivity index (χ2n) is 4.48. The number of aliphatic hydroxyl groups is 1. The lowest BCUT2D eigenvalue weighted by atomic mass is 9.90. The molecule has 0 saturated heterocycles. The van der Waals surface area contributed by atoms with E-state index >= 15 is 0 Å². The maximum absolute atomic E-state index is 9.97. The number of hydrogen-bond donors (Lipinski definition) is 1. The Morgan fingerprint density at radius 3 is 2.85 bits per heavy atom. The van der Waals surface area contributed by atoms with Gasteiger partial charge in [0.05, 0.1) is 6.61 Å². The van der Waals surface area contributed by atoms with Crippen LogP contribution in [0.25, 0.3) is 0 Å². The summed E-state index contributed by atoms with van der Waals surface area (Å²) in [7, 11) is 0. The molecule has 1 N–H and O–H groups in total. The molecule has 1 aliphatic carbocycles. The van der Waals surface area contributed by atoms with Crippen molar-refractivity contribution in [1.82, 2.24) is 0 Å². The van der Waals surface area contributed by atoms with Gasteiger partial charge in [-0.1, -0.05) is 13.8 Å². The van der Waals surface area contributed by atoms with Crippen LogP contribution >= 0.6 is 0 Å². The Morgan fingerprint density at radius 2 is 2.23 bits per heavy atom. The summed E-state index contributed by atoms with van der Waals surface area (Å²) in [5.41, 5.74) is 1.37. The first kappa shape index (κ1) is 9.07. The minimum Gasteiger partial charge on any atom is -0.495 e. The summed E-state index contributed by atoms with van der Waals surface area (Å²) >= 11 is 0. The quantitative estimate of drug-likeness (QED) is 0.673. The van der Waals surface area contributed by atoms with Crippen LogP contribution in [0.3, 0.4) is 0 Å². The van der Waals surface area contributed by atoms with Crippen LogP contribution in [0.4, 0.5) is 0 Å². The van der Waals surface area contributed by atoms with Crippen molar-refractivity contribution < 1.29 is 9.84 Å². The van der Waals surface area contributed by atoms with Crippen LogP contribution in [-0.2, 0) is 4.74 Å². The van der Waals surface area contributed by atoms with Crippen LogP contribution in [0.15, 0.2) is 11.3 Å². The Balaban J connectivity index is 2.14. The van der Waals surface area contributed by atoms with Gasteiger partial charge >= 0.3 is 0 Å². The highest BCUT2D eigenvalue weighted by Gasteiger charge is 2.37. The van der Waals surface area contributed by atoms with E-state index in [9.17, 15) is 5.11 Å². The molecule has 0 bridgehead atoms. The molecule has 2 heteroatoms. The Kier molecular flexibility index (Phi) is 2.33. The van der Waals surface area contributed by atoms with Gasteiger partial charge in [0.1, 0.15) is 11.9 Å². The highest BCUT2D eigenvalue weighted by Crippen LogP contribution is 2.40. The number of hydrogen-bond acceptors (Lipinski definition) is 2. The monoisotopic (exact) mass is 182 g/mol. The van der Waals surface area contributed by atoms with Crippen molar-refractivity contribution in [2.45, 2.75) is 39.2 Å². The minimum absolute atomic E-state index is 0.324. The lowest BCUT2D eigenvalue weighted by molar-refractivity contribution is 0.0601. The zero-order valence-corrected chi connectivity index (χ0v) is 8.42. The van der Waals surface area contributed by atoms with Gasteiger partial charge in [-0.2, -0.15) is 0 Å². The van der Waals surface area contributed by atoms with E-state index in [2.05, 4.69) is 13.8 Å². The second kappa shape index (κ2) is 3.33. The molecule has 0 fully saturated rings. The summed E-state index contributed by atoms with van der Waals surface area (Å²) in [6.45, 7) is 5.14. The van der Waals surface area contributed by atoms with Crippen molar-refractivity contribution >= 4 is 0 Å². The molecule has 0 aromatic rings. The van der Waals surface area contributed by atoms with Crippen molar-refractivity contribution in [1.29, 1.82) is 0 Å². The first-order valence-electron chi connectivity index (χ1n) is 5.23. The molecule has 2 nitrogen and oxygen atoms in total. The van der Waals surface area contributed by atoms with Crippen LogP contribution in [0, 0.1) is 11.8 Å². The zero-order valence-electron chi connectivity index (χ0n) is 8.42. The van der Waals surface area contributed by atoms with E-state index in [1.54, 1.807) is 0 Å². The fourth-order valence-corrected chi connectivity index (χ4v) is 2.38. The average molecular weight is 182 g/mol. The van der Waals surface area contributed by atoms with Crippen LogP contribution < -0.4 is 0 Å². The lowest BCUT2D eigenvalue weighted by Gasteiger charge is -2.21. The Hall–Kier alpha value is -0.500. The average Bonchev–Trinajstić information content (AvgIpc) is 2.45. The maximum atomic E-state index is 9.97. The van der Waals surface area contributed by atoms with Gasteiger partial charge in [0.15, 0.2) is 0 Å². The van der Waals surface area contributed by atoms with Crippen molar-refractivity contribution in [3.8, 4) is 0 Å². The van der Waals surface area contributed by atoms with Crippen LogP contribution in [0.1, 0.15) is 33.1 Å². The molecule has 0 saturated carbocycles. The summed E-state index contributed by atoms with van der Waals surface area (Å²) in [4.78, 5) is 0. The molecule has 2 rings (SSSR count). The lowest BCUT2D eigenvalue weighted by Crippen LogP contribution is -2.23. The van der Waals surface area contributed by atoms with Gasteiger partial charge in [-0.3, -0.25) is 0 Å². The van der Waals surface area contributed by atoms with Gasteiger partial charge in [0.25, 0.3) is 0 Å². The number of aliphatic hydroxyl groups excluding tert-OH is 1. The molecule has 2 atom stereocenters. The van der Waals surface area contributed by atoms with Gasteiger partial charge < -0.3 is 9.84 Å². The van der Waals surface area contributed by atoms with Gasteiger partial charge in [-0.15, -0.1) is 0 Å². The third-order valence-electron chi connectivity index (χ3n) is 3.24. The summed E-state index contributed by atoms with van der Waals surface area (Å²) in [6, 6.07) is 0. The largest absolute Gasteiger partial charge is 0.495 e. The third kappa shape index (κ3) is 1.48. The van der Waals surface area contributed by atoms with Gasteiger partial charge in [0, 0.05) is 0 Å². The Labute approximate surface area is 79.6 Å². The zero-order chi connectivity index (χ0) is 9.42. The van der Waals surface area contributed by atoms with Gasteiger partial charge in [0.2, 0.25) is 0 Å². The number of allylic oxidation sites excluding steroid dienone is 1. The normalized spacial score (nSPS) is 33.5. The van der Waals surface area contributed by atoms with Crippen molar-refractivity contribution in [3.05, 3.63) is 11.3 Å². The van der Waals surface area contributed by atoms with E-state index in [0.29, 0.717) is 11.8 Å². The van der Waals surface area contributed by atoms with E-state index in [0.717, 1.165) is 31.6 Å². The highest BCUT2D eigenvalue weighted by atomic mass is 16.5. The third-order valence-corrected chi connectivity index (χ3v) is 3.24. The molecule has 0 amide bonds. The van der Waals surface area contributed by atoms with E-state index in [1.807, 2.05) is 0 Å². The van der Waals surface area contributed by atoms with Gasteiger partial charge in [-0.25, -0.2) is 0 Å². The number of rotatable bonds is 1. The van der Waals surface area contributed by atoms with Crippen molar-refractivity contribution in [2.24, 2.45) is 11.8 Å². The van der Waals surface area contributed by atoms with E-state index in [4.69, 9.17) is 4.74 Å². The van der Waals surface area contributed by atoms with E-state index in [-0.39, 0.29) is 6.10 Å². The van der Waals surface area contributed by atoms with Crippen molar-refractivity contribution in [3.63, 3.8) is 0 Å². The minimum atomic E-state index is -0.324. The standard InChI is InChI=1S/C11H18O2/c1-7(2)9-6-8-4-3-5-13-11(8)10(9)12/h7,9-10,12H,3-6H2,1-2H3/t9-,10+/m1/s1. The molecule has 0 unspecified atom stereocenters. The fraction of sp³-hybridized carbons (Fsp3) is 0.818. The summed E-state index contributed by atoms with van der Waals surface area (Å²) in [5.74, 6) is 1.84. The summed E-state index contributed by atoms with van der Waals surface area (Å²) in [5, 5.41) is 9.97. The molecule has 0 spiro atoms. The number of ether oxygens (including phenoxy) is 1. The molecular weight excluding hydrogens is 164 g/mol. The van der Waals surface area contributed by atoms with Crippen LogP contribution in [0.2, 0.25) is 0 Å². The van der Waals surface area contributed by atoms with Crippen molar-refractivity contribution in [2.75, 3.05) is 6.61 Å². The Morgan fingerprint density at radius 1 is 1.46 bits per heavy atom. The first-order chi connectivity index (χ1) is 6.20. The smallest absolute Gasteiger partial charge is 0.124 e. The highest BCUT2D eigenvalue weighted by molar-refractivity contribution is 5.23. The molecule has 2 aliphatic rings. The topological polar surface area (TPSA) is 29.5 Å². The first-order valence-corrected chi connectivity index (χ1v) is 5.23. The molecule has 13 heavy (non-hydrogen) atoms. The molecule has 1 aliphatic heterocycles. The molecule has 0 radical (unpaired) electrons. The SMILES string of the molecule is CC(C)[C@H]1CC2=C(OCCC2)[C@H]1O. The Bertz CT molecular complexity index is 230. The molecule has 74 valence electrons. The predicted molar refractivity (Wildman–Crippen MR) is 51.2 cm³/mol. The van der Waals surface area contributed by atoms with Crippen LogP contribution in [-0.4, -0.2) is 17.8 Å². The van der Waals surface area contributed by atoms with Crippen LogP contribution in [0.5, 0.6) is 0 Å².